The Morgan fingerprint density at radius 2 is 2.50 bits per heavy atom. The molecular weight excluding hydrogens is 190 g/mol. The second-order valence-electron chi connectivity index (χ2n) is 2.33. The van der Waals surface area contributed by atoms with Crippen molar-refractivity contribution in [2.24, 2.45) is 5.16 Å². The summed E-state index contributed by atoms with van der Waals surface area (Å²) in [5.41, 5.74) is -0.344. The van der Waals surface area contributed by atoms with Gasteiger partial charge in [0.25, 0.3) is 0 Å². The summed E-state index contributed by atoms with van der Waals surface area (Å²) in [6.07, 6.45) is 0.741. The van der Waals surface area contributed by atoms with Crippen molar-refractivity contribution in [1.82, 2.24) is 20.6 Å². The van der Waals surface area contributed by atoms with Crippen LogP contribution in [0.5, 0.6) is 0 Å². The first-order chi connectivity index (χ1) is 6.75. The van der Waals surface area contributed by atoms with Crippen molar-refractivity contribution in [1.29, 1.82) is 0 Å². The van der Waals surface area contributed by atoms with Gasteiger partial charge in [-0.3, -0.25) is 0 Å². The molecule has 0 saturated carbocycles. The highest BCUT2D eigenvalue weighted by atomic mass is 16.6. The number of aromatic amines is 1. The molecule has 0 fully saturated rings. The summed E-state index contributed by atoms with van der Waals surface area (Å²) in [5, 5.41) is 24.3. The van der Waals surface area contributed by atoms with E-state index in [0.29, 0.717) is 6.61 Å². The van der Waals surface area contributed by atoms with Gasteiger partial charge in [-0.2, -0.15) is 0 Å². The minimum Gasteiger partial charge on any atom is -0.476 e. The molecule has 0 saturated heterocycles. The summed E-state index contributed by atoms with van der Waals surface area (Å²) in [5.74, 6) is -1.28. The Bertz CT molecular complexity index is 320. The number of rotatable bonds is 5. The molecule has 0 bridgehead atoms. The third-order valence-electron chi connectivity index (χ3n) is 1.22. The maximum atomic E-state index is 10.7. The van der Waals surface area contributed by atoms with Gasteiger partial charge in [-0.15, -0.1) is 5.10 Å². The lowest BCUT2D eigenvalue weighted by atomic mass is 10.4. The summed E-state index contributed by atoms with van der Waals surface area (Å²) in [6.45, 7) is 2.23. The predicted octanol–water partition coefficient (Wildman–Crippen LogP) is -0.585. The smallest absolute Gasteiger partial charge is 0.362 e. The molecule has 1 rings (SSSR count). The molecule has 0 aliphatic heterocycles. The standard InChI is InChI=1S/C6H9N5O3/c1-2-3-14-9-4(6(12)13)5-7-10-11-8-5/h2-3H2,1H3,(H,12,13)(H,7,8,10,11). The molecule has 0 aliphatic rings. The number of hydrogen-bond donors (Lipinski definition) is 2. The van der Waals surface area contributed by atoms with E-state index in [9.17, 15) is 4.79 Å². The number of tetrazole rings is 1. The van der Waals surface area contributed by atoms with Crippen LogP contribution in [0.1, 0.15) is 19.2 Å². The molecule has 8 nitrogen and oxygen atoms in total. The van der Waals surface area contributed by atoms with Crippen LogP contribution in [0.25, 0.3) is 0 Å². The van der Waals surface area contributed by atoms with Crippen LogP contribution in [-0.4, -0.2) is 44.0 Å². The van der Waals surface area contributed by atoms with Crippen LogP contribution in [0, 0.1) is 0 Å². The molecule has 0 spiro atoms. The van der Waals surface area contributed by atoms with Crippen LogP contribution in [0.4, 0.5) is 0 Å². The molecule has 2 N–H and O–H groups in total. The van der Waals surface area contributed by atoms with Crippen molar-refractivity contribution in [3.05, 3.63) is 5.82 Å². The summed E-state index contributed by atoms with van der Waals surface area (Å²) >= 11 is 0. The molecule has 0 aromatic carbocycles. The molecule has 0 atom stereocenters. The Balaban J connectivity index is 2.75. The van der Waals surface area contributed by atoms with Gasteiger partial charge in [0.1, 0.15) is 6.61 Å². The number of carboxylic acids is 1. The minimum atomic E-state index is -1.25. The second kappa shape index (κ2) is 4.90. The first-order valence-corrected chi connectivity index (χ1v) is 3.93. The third-order valence-corrected chi connectivity index (χ3v) is 1.22. The number of H-pyrrole nitrogens is 1. The van der Waals surface area contributed by atoms with Gasteiger partial charge in [0, 0.05) is 0 Å². The van der Waals surface area contributed by atoms with Gasteiger partial charge < -0.3 is 9.94 Å². The van der Waals surface area contributed by atoms with Gasteiger partial charge in [0.15, 0.2) is 0 Å². The van der Waals surface area contributed by atoms with Gasteiger partial charge in [-0.25, -0.2) is 9.89 Å². The van der Waals surface area contributed by atoms with E-state index in [4.69, 9.17) is 9.94 Å². The van der Waals surface area contributed by atoms with E-state index in [1.807, 2.05) is 6.92 Å². The van der Waals surface area contributed by atoms with E-state index >= 15 is 0 Å². The zero-order valence-electron chi connectivity index (χ0n) is 7.47. The Morgan fingerprint density at radius 3 is 3.00 bits per heavy atom. The maximum absolute atomic E-state index is 10.7. The Labute approximate surface area is 78.9 Å². The van der Waals surface area contributed by atoms with Crippen LogP contribution in [0.3, 0.4) is 0 Å². The largest absolute Gasteiger partial charge is 0.476 e. The van der Waals surface area contributed by atoms with Gasteiger partial charge in [0.05, 0.1) is 0 Å². The molecule has 0 amide bonds. The van der Waals surface area contributed by atoms with Crippen molar-refractivity contribution in [3.63, 3.8) is 0 Å². The molecule has 0 radical (unpaired) electrons. The highest BCUT2D eigenvalue weighted by Gasteiger charge is 2.17. The lowest BCUT2D eigenvalue weighted by Crippen LogP contribution is -2.17. The van der Waals surface area contributed by atoms with Crippen molar-refractivity contribution < 1.29 is 14.7 Å². The van der Waals surface area contributed by atoms with E-state index in [0.717, 1.165) is 6.42 Å². The monoisotopic (exact) mass is 199 g/mol. The summed E-state index contributed by atoms with van der Waals surface area (Å²) in [6, 6.07) is 0. The van der Waals surface area contributed by atoms with Crippen LogP contribution >= 0.6 is 0 Å². The first kappa shape index (κ1) is 10.1. The van der Waals surface area contributed by atoms with Crippen molar-refractivity contribution in [3.8, 4) is 0 Å². The first-order valence-electron chi connectivity index (χ1n) is 3.93. The quantitative estimate of drug-likeness (QED) is 0.372. The Morgan fingerprint density at radius 1 is 1.71 bits per heavy atom. The van der Waals surface area contributed by atoms with Crippen LogP contribution in [0.2, 0.25) is 0 Å². The molecule has 1 heterocycles. The fraction of sp³-hybridized carbons (Fsp3) is 0.500. The third kappa shape index (κ3) is 2.51. The van der Waals surface area contributed by atoms with E-state index < -0.39 is 5.97 Å². The van der Waals surface area contributed by atoms with E-state index in [-0.39, 0.29) is 11.5 Å². The van der Waals surface area contributed by atoms with Crippen LogP contribution in [-0.2, 0) is 9.63 Å². The maximum Gasteiger partial charge on any atom is 0.362 e. The van der Waals surface area contributed by atoms with E-state index in [2.05, 4.69) is 25.8 Å². The average molecular weight is 199 g/mol. The lowest BCUT2D eigenvalue weighted by Gasteiger charge is -1.96. The highest BCUT2D eigenvalue weighted by Crippen LogP contribution is 1.92. The zero-order chi connectivity index (χ0) is 10.4. The fourth-order valence-corrected chi connectivity index (χ4v) is 0.645. The molecular formula is C6H9N5O3. The molecule has 8 heteroatoms. The van der Waals surface area contributed by atoms with Crippen molar-refractivity contribution in [2.45, 2.75) is 13.3 Å². The van der Waals surface area contributed by atoms with Gasteiger partial charge in [-0.1, -0.05) is 12.1 Å². The number of nitrogens with zero attached hydrogens (tertiary/aromatic N) is 4. The van der Waals surface area contributed by atoms with Crippen molar-refractivity contribution >= 4 is 11.7 Å². The zero-order valence-corrected chi connectivity index (χ0v) is 7.47. The number of carbonyl (C=O) groups is 1. The average Bonchev–Trinajstić information content (AvgIpc) is 2.64. The normalized spacial score (nSPS) is 11.4. The Kier molecular flexibility index (Phi) is 3.53. The summed E-state index contributed by atoms with van der Waals surface area (Å²) in [4.78, 5) is 15.4. The van der Waals surface area contributed by atoms with Gasteiger partial charge in [-0.05, 0) is 16.8 Å². The predicted molar refractivity (Wildman–Crippen MR) is 44.6 cm³/mol. The number of hydrogen-bond acceptors (Lipinski definition) is 6. The van der Waals surface area contributed by atoms with E-state index in [1.54, 1.807) is 0 Å². The van der Waals surface area contributed by atoms with Gasteiger partial charge >= 0.3 is 5.97 Å². The van der Waals surface area contributed by atoms with Crippen LogP contribution in [0.15, 0.2) is 5.16 Å². The number of carboxylic acid groups (broad SMARTS) is 1. The summed E-state index contributed by atoms with van der Waals surface area (Å²) < 4.78 is 0. The number of aliphatic carboxylic acids is 1. The molecule has 0 unspecified atom stereocenters. The van der Waals surface area contributed by atoms with Crippen molar-refractivity contribution in [2.75, 3.05) is 6.61 Å². The van der Waals surface area contributed by atoms with Gasteiger partial charge in [0.2, 0.25) is 11.5 Å². The number of nitrogens with one attached hydrogen (secondary N) is 1. The van der Waals surface area contributed by atoms with Crippen LogP contribution < -0.4 is 0 Å². The SMILES string of the molecule is CCCON=C(C(=O)O)c1nnn[nH]1. The molecule has 0 aliphatic carbocycles. The molecule has 1 aromatic rings. The second-order valence-corrected chi connectivity index (χ2v) is 2.33. The molecule has 76 valence electrons. The Hall–Kier alpha value is -1.99. The summed E-state index contributed by atoms with van der Waals surface area (Å²) in [7, 11) is 0. The topological polar surface area (TPSA) is 113 Å². The molecule has 14 heavy (non-hydrogen) atoms. The van der Waals surface area contributed by atoms with E-state index in [1.165, 1.54) is 0 Å². The lowest BCUT2D eigenvalue weighted by molar-refractivity contribution is -0.129. The fourth-order valence-electron chi connectivity index (χ4n) is 0.645. The minimum absolute atomic E-state index is 0.0337. The molecule has 1 aromatic heterocycles. The number of oxime groups is 1. The highest BCUT2D eigenvalue weighted by molar-refractivity contribution is 6.41. The number of aromatic nitrogens is 4.